The molecule has 3 aromatic rings. The van der Waals surface area contributed by atoms with Crippen LogP contribution in [0.2, 0.25) is 0 Å². The number of methoxy groups -OCH3 is 2. The van der Waals surface area contributed by atoms with Crippen molar-refractivity contribution in [1.29, 1.82) is 0 Å². The molecule has 0 radical (unpaired) electrons. The molecule has 170 valence electrons. The molecule has 0 spiro atoms. The smallest absolute Gasteiger partial charge is 0.244 e. The third-order valence-corrected chi connectivity index (χ3v) is 8.25. The fraction of sp³-hybridized carbons (Fsp3) is 0.190. The standard InChI is InChI=1S/C21H21FN2O6S2/c1-29-17-7-10-19(30-2)20(12-17)32(27,28)24-14-21(15-4-3-11-23-13-15)31(25,26)18-8-5-16(22)6-9-18/h3-13,21,24H,14H2,1-2H3. The highest BCUT2D eigenvalue weighted by Crippen LogP contribution is 2.31. The van der Waals surface area contributed by atoms with Crippen molar-refractivity contribution < 1.29 is 30.7 Å². The van der Waals surface area contributed by atoms with Gasteiger partial charge in [-0.2, -0.15) is 0 Å². The summed E-state index contributed by atoms with van der Waals surface area (Å²) in [6.07, 6.45) is 2.81. The lowest BCUT2D eigenvalue weighted by molar-refractivity contribution is 0.392. The molecule has 11 heteroatoms. The fourth-order valence-corrected chi connectivity index (χ4v) is 6.00. The number of hydrogen-bond acceptors (Lipinski definition) is 7. The second-order valence-electron chi connectivity index (χ2n) is 6.64. The molecule has 0 aliphatic carbocycles. The van der Waals surface area contributed by atoms with Crippen molar-refractivity contribution in [3.05, 3.63) is 78.4 Å². The average molecular weight is 481 g/mol. The summed E-state index contributed by atoms with van der Waals surface area (Å²) in [6.45, 7) is -0.492. The van der Waals surface area contributed by atoms with Crippen molar-refractivity contribution in [2.45, 2.75) is 15.0 Å². The molecule has 8 nitrogen and oxygen atoms in total. The van der Waals surface area contributed by atoms with E-state index in [9.17, 15) is 21.2 Å². The summed E-state index contributed by atoms with van der Waals surface area (Å²) >= 11 is 0. The molecule has 2 aromatic carbocycles. The highest BCUT2D eigenvalue weighted by atomic mass is 32.2. The summed E-state index contributed by atoms with van der Waals surface area (Å²) in [7, 11) is -5.58. The van der Waals surface area contributed by atoms with Gasteiger partial charge in [-0.1, -0.05) is 6.07 Å². The van der Waals surface area contributed by atoms with Gasteiger partial charge in [-0.15, -0.1) is 0 Å². The van der Waals surface area contributed by atoms with Crippen molar-refractivity contribution in [3.8, 4) is 11.5 Å². The number of pyridine rings is 1. The minimum absolute atomic E-state index is 0.0672. The van der Waals surface area contributed by atoms with E-state index in [1.165, 1.54) is 50.9 Å². The van der Waals surface area contributed by atoms with Gasteiger partial charge >= 0.3 is 0 Å². The van der Waals surface area contributed by atoms with Crippen LogP contribution in [-0.2, 0) is 19.9 Å². The van der Waals surface area contributed by atoms with E-state index in [1.807, 2.05) is 0 Å². The predicted molar refractivity (Wildman–Crippen MR) is 115 cm³/mol. The van der Waals surface area contributed by atoms with Crippen LogP contribution in [0, 0.1) is 5.82 Å². The zero-order valence-electron chi connectivity index (χ0n) is 17.2. The van der Waals surface area contributed by atoms with E-state index in [0.717, 1.165) is 24.3 Å². The van der Waals surface area contributed by atoms with Gasteiger partial charge in [0.2, 0.25) is 10.0 Å². The lowest BCUT2D eigenvalue weighted by Crippen LogP contribution is -2.32. The molecular weight excluding hydrogens is 459 g/mol. The Morgan fingerprint density at radius 2 is 1.72 bits per heavy atom. The van der Waals surface area contributed by atoms with Gasteiger partial charge in [-0.25, -0.2) is 25.9 Å². The Morgan fingerprint density at radius 3 is 2.31 bits per heavy atom. The minimum Gasteiger partial charge on any atom is -0.497 e. The lowest BCUT2D eigenvalue weighted by Gasteiger charge is -2.19. The van der Waals surface area contributed by atoms with Gasteiger partial charge < -0.3 is 9.47 Å². The number of sulfonamides is 1. The molecule has 3 rings (SSSR count). The molecule has 1 atom stereocenters. The first-order chi connectivity index (χ1) is 15.2. The summed E-state index contributed by atoms with van der Waals surface area (Å²) in [5.74, 6) is -0.237. The topological polar surface area (TPSA) is 112 Å². The molecule has 0 aliphatic rings. The number of benzene rings is 2. The van der Waals surface area contributed by atoms with Crippen LogP contribution in [0.5, 0.6) is 11.5 Å². The molecule has 0 fully saturated rings. The highest BCUT2D eigenvalue weighted by Gasteiger charge is 2.32. The first kappa shape index (κ1) is 23.6. The zero-order chi connectivity index (χ0) is 23.4. The van der Waals surface area contributed by atoms with Crippen LogP contribution < -0.4 is 14.2 Å². The van der Waals surface area contributed by atoms with Gasteiger partial charge in [0, 0.05) is 25.0 Å². The third kappa shape index (κ3) is 5.06. The quantitative estimate of drug-likeness (QED) is 0.469. The second-order valence-corrected chi connectivity index (χ2v) is 10.5. The van der Waals surface area contributed by atoms with Crippen LogP contribution in [0.15, 0.2) is 76.8 Å². The molecule has 1 N–H and O–H groups in total. The van der Waals surface area contributed by atoms with Crippen molar-refractivity contribution in [1.82, 2.24) is 9.71 Å². The fourth-order valence-electron chi connectivity index (χ4n) is 3.02. The van der Waals surface area contributed by atoms with Gasteiger partial charge in [-0.3, -0.25) is 4.98 Å². The summed E-state index contributed by atoms with van der Waals surface area (Å²) in [4.78, 5) is 3.59. The van der Waals surface area contributed by atoms with Crippen LogP contribution in [0.4, 0.5) is 4.39 Å². The number of halogens is 1. The molecule has 1 unspecified atom stereocenters. The molecular formula is C21H21FN2O6S2. The Kier molecular flexibility index (Phi) is 7.12. The average Bonchev–Trinajstić information content (AvgIpc) is 2.79. The minimum atomic E-state index is -4.19. The largest absolute Gasteiger partial charge is 0.497 e. The summed E-state index contributed by atoms with van der Waals surface area (Å²) in [5.41, 5.74) is 0.275. The van der Waals surface area contributed by atoms with Crippen molar-refractivity contribution in [2.24, 2.45) is 0 Å². The molecule has 1 aromatic heterocycles. The number of nitrogens with one attached hydrogen (secondary N) is 1. The van der Waals surface area contributed by atoms with E-state index in [4.69, 9.17) is 9.47 Å². The number of sulfone groups is 1. The Morgan fingerprint density at radius 1 is 1.00 bits per heavy atom. The Labute approximate surface area is 186 Å². The monoisotopic (exact) mass is 480 g/mol. The van der Waals surface area contributed by atoms with Gasteiger partial charge in [0.25, 0.3) is 0 Å². The van der Waals surface area contributed by atoms with E-state index >= 15 is 0 Å². The van der Waals surface area contributed by atoms with Gasteiger partial charge in [0.05, 0.1) is 19.1 Å². The number of aromatic nitrogens is 1. The highest BCUT2D eigenvalue weighted by molar-refractivity contribution is 7.92. The van der Waals surface area contributed by atoms with E-state index < -0.39 is 37.5 Å². The van der Waals surface area contributed by atoms with Crippen LogP contribution in [-0.4, -0.2) is 42.6 Å². The summed E-state index contributed by atoms with van der Waals surface area (Å²) in [6, 6.07) is 11.6. The molecule has 0 bridgehead atoms. The van der Waals surface area contributed by atoms with Crippen molar-refractivity contribution in [3.63, 3.8) is 0 Å². The maximum atomic E-state index is 13.3. The third-order valence-electron chi connectivity index (χ3n) is 4.69. The lowest BCUT2D eigenvalue weighted by atomic mass is 10.2. The summed E-state index contributed by atoms with van der Waals surface area (Å²) in [5, 5.41) is -1.31. The second kappa shape index (κ2) is 9.63. The van der Waals surface area contributed by atoms with Crippen molar-refractivity contribution >= 4 is 19.9 Å². The normalized spacial score (nSPS) is 12.8. The number of rotatable bonds is 9. The zero-order valence-corrected chi connectivity index (χ0v) is 18.9. The van der Waals surface area contributed by atoms with Crippen LogP contribution >= 0.6 is 0 Å². The molecule has 32 heavy (non-hydrogen) atoms. The van der Waals surface area contributed by atoms with Gasteiger partial charge in [0.15, 0.2) is 9.84 Å². The van der Waals surface area contributed by atoms with Crippen molar-refractivity contribution in [2.75, 3.05) is 20.8 Å². The Hall–Kier alpha value is -3.02. The maximum Gasteiger partial charge on any atom is 0.244 e. The molecule has 0 saturated carbocycles. The van der Waals surface area contributed by atoms with Gasteiger partial charge in [0.1, 0.15) is 27.5 Å². The molecule has 1 heterocycles. The van der Waals surface area contributed by atoms with E-state index in [-0.39, 0.29) is 26.9 Å². The maximum absolute atomic E-state index is 13.3. The van der Waals surface area contributed by atoms with E-state index in [2.05, 4.69) is 9.71 Å². The van der Waals surface area contributed by atoms with E-state index in [1.54, 1.807) is 6.07 Å². The van der Waals surface area contributed by atoms with Gasteiger partial charge in [-0.05, 0) is 48.0 Å². The molecule has 0 aliphatic heterocycles. The first-order valence-corrected chi connectivity index (χ1v) is 12.3. The van der Waals surface area contributed by atoms with Crippen LogP contribution in [0.3, 0.4) is 0 Å². The Bertz CT molecular complexity index is 1280. The van der Waals surface area contributed by atoms with Crippen LogP contribution in [0.25, 0.3) is 0 Å². The van der Waals surface area contributed by atoms with E-state index in [0.29, 0.717) is 0 Å². The summed E-state index contributed by atoms with van der Waals surface area (Å²) < 4.78 is 78.5. The SMILES string of the molecule is COc1ccc(OC)c(S(=O)(=O)NCC(c2cccnc2)S(=O)(=O)c2ccc(F)cc2)c1. The predicted octanol–water partition coefficient (Wildman–Crippen LogP) is 2.73. The number of hydrogen-bond donors (Lipinski definition) is 1. The van der Waals surface area contributed by atoms with Crippen LogP contribution in [0.1, 0.15) is 10.8 Å². The Balaban J connectivity index is 1.99. The molecule has 0 saturated heterocycles. The number of ether oxygens (including phenoxy) is 2. The first-order valence-electron chi connectivity index (χ1n) is 9.30. The molecule has 0 amide bonds. The number of nitrogens with zero attached hydrogens (tertiary/aromatic N) is 1.